The number of pyridine rings is 2. The van der Waals surface area contributed by atoms with Crippen LogP contribution in [0.5, 0.6) is 5.88 Å². The Kier molecular flexibility index (Phi) is 5.03. The Morgan fingerprint density at radius 2 is 2.00 bits per heavy atom. The molecule has 6 nitrogen and oxygen atoms in total. The van der Waals surface area contributed by atoms with Crippen LogP contribution in [0.2, 0.25) is 0 Å². The summed E-state index contributed by atoms with van der Waals surface area (Å²) in [6.07, 6.45) is 8.37. The molecule has 23 heavy (non-hydrogen) atoms. The smallest absolute Gasteiger partial charge is 0.218 e. The van der Waals surface area contributed by atoms with E-state index < -0.39 is 0 Å². The molecular weight excluding hydrogens is 290 g/mol. The molecule has 0 unspecified atom stereocenters. The van der Waals surface area contributed by atoms with E-state index in [1.807, 2.05) is 30.3 Å². The maximum Gasteiger partial charge on any atom is 0.218 e. The number of nitrogens with two attached hydrogens (primary N) is 1. The zero-order valence-electron chi connectivity index (χ0n) is 13.0. The van der Waals surface area contributed by atoms with Gasteiger partial charge < -0.3 is 15.8 Å². The molecule has 2 aromatic rings. The third-order valence-electron chi connectivity index (χ3n) is 3.77. The number of ether oxygens (including phenoxy) is 1. The number of hydrogen-bond donors (Lipinski definition) is 2. The van der Waals surface area contributed by atoms with Gasteiger partial charge in [0.15, 0.2) is 5.96 Å². The summed E-state index contributed by atoms with van der Waals surface area (Å²) in [5.74, 6) is 1.65. The molecule has 6 heteroatoms. The molecule has 3 rings (SSSR count). The van der Waals surface area contributed by atoms with Crippen molar-refractivity contribution in [3.8, 4) is 5.88 Å². The Hall–Kier alpha value is -2.63. The summed E-state index contributed by atoms with van der Waals surface area (Å²) in [5.41, 5.74) is 6.84. The van der Waals surface area contributed by atoms with Crippen molar-refractivity contribution in [3.63, 3.8) is 0 Å². The molecule has 0 aromatic carbocycles. The van der Waals surface area contributed by atoms with Crippen molar-refractivity contribution in [1.29, 1.82) is 0 Å². The number of aromatic nitrogens is 2. The van der Waals surface area contributed by atoms with E-state index in [0.29, 0.717) is 24.2 Å². The Balaban J connectivity index is 1.63. The number of anilines is 1. The standard InChI is InChI=1S/C17H21N5O/c18-17(22-15-9-3-4-10-19-15)21-12-13-6-5-11-20-16(13)23-14-7-1-2-8-14/h3-6,9-11,14H,1-2,7-8,12H2,(H3,18,19,21,22). The highest BCUT2D eigenvalue weighted by molar-refractivity contribution is 5.91. The van der Waals surface area contributed by atoms with Crippen molar-refractivity contribution in [2.24, 2.45) is 10.7 Å². The molecule has 0 amide bonds. The Labute approximate surface area is 135 Å². The third kappa shape index (κ3) is 4.42. The summed E-state index contributed by atoms with van der Waals surface area (Å²) < 4.78 is 6.00. The second kappa shape index (κ2) is 7.58. The first kappa shape index (κ1) is 15.3. The molecule has 2 aromatic heterocycles. The summed E-state index contributed by atoms with van der Waals surface area (Å²) in [6, 6.07) is 9.42. The summed E-state index contributed by atoms with van der Waals surface area (Å²) in [5, 5.41) is 2.96. The molecule has 0 saturated heterocycles. The van der Waals surface area contributed by atoms with Crippen LogP contribution in [0.3, 0.4) is 0 Å². The van der Waals surface area contributed by atoms with Crippen molar-refractivity contribution < 1.29 is 4.74 Å². The van der Waals surface area contributed by atoms with E-state index in [4.69, 9.17) is 10.5 Å². The van der Waals surface area contributed by atoms with Crippen LogP contribution >= 0.6 is 0 Å². The van der Waals surface area contributed by atoms with Crippen LogP contribution in [0.1, 0.15) is 31.2 Å². The number of hydrogen-bond acceptors (Lipinski definition) is 4. The lowest BCUT2D eigenvalue weighted by Gasteiger charge is -2.14. The van der Waals surface area contributed by atoms with E-state index in [9.17, 15) is 0 Å². The van der Waals surface area contributed by atoms with Gasteiger partial charge in [-0.3, -0.25) is 0 Å². The molecule has 0 atom stereocenters. The lowest BCUT2D eigenvalue weighted by molar-refractivity contribution is 0.199. The van der Waals surface area contributed by atoms with Crippen LogP contribution in [-0.4, -0.2) is 22.0 Å². The minimum Gasteiger partial charge on any atom is -0.474 e. The Morgan fingerprint density at radius 3 is 2.78 bits per heavy atom. The minimum atomic E-state index is 0.275. The van der Waals surface area contributed by atoms with Crippen molar-refractivity contribution >= 4 is 11.8 Å². The fraction of sp³-hybridized carbons (Fsp3) is 0.353. The first-order valence-electron chi connectivity index (χ1n) is 7.90. The normalized spacial score (nSPS) is 15.6. The van der Waals surface area contributed by atoms with Gasteiger partial charge in [0, 0.05) is 18.0 Å². The van der Waals surface area contributed by atoms with Crippen LogP contribution in [-0.2, 0) is 6.54 Å². The van der Waals surface area contributed by atoms with Gasteiger partial charge >= 0.3 is 0 Å². The zero-order chi connectivity index (χ0) is 15.9. The van der Waals surface area contributed by atoms with Crippen LogP contribution in [0.4, 0.5) is 5.82 Å². The van der Waals surface area contributed by atoms with Crippen LogP contribution in [0.15, 0.2) is 47.7 Å². The van der Waals surface area contributed by atoms with Crippen molar-refractivity contribution in [3.05, 3.63) is 48.3 Å². The van der Waals surface area contributed by atoms with Crippen LogP contribution < -0.4 is 15.8 Å². The fourth-order valence-electron chi connectivity index (χ4n) is 2.59. The van der Waals surface area contributed by atoms with Crippen molar-refractivity contribution in [2.75, 3.05) is 5.32 Å². The first-order valence-corrected chi connectivity index (χ1v) is 7.90. The molecule has 1 fully saturated rings. The van der Waals surface area contributed by atoms with Gasteiger partial charge in [0.1, 0.15) is 11.9 Å². The van der Waals surface area contributed by atoms with Gasteiger partial charge in [-0.2, -0.15) is 0 Å². The van der Waals surface area contributed by atoms with E-state index >= 15 is 0 Å². The zero-order valence-corrected chi connectivity index (χ0v) is 13.0. The Bertz CT molecular complexity index is 653. The summed E-state index contributed by atoms with van der Waals surface area (Å²) in [6.45, 7) is 0.418. The number of rotatable bonds is 5. The van der Waals surface area contributed by atoms with E-state index in [-0.39, 0.29) is 6.10 Å². The second-order valence-electron chi connectivity index (χ2n) is 5.53. The SMILES string of the molecule is NC(=NCc1cccnc1OC1CCCC1)Nc1ccccn1. The Morgan fingerprint density at radius 1 is 1.17 bits per heavy atom. The first-order chi connectivity index (χ1) is 11.3. The van der Waals surface area contributed by atoms with Gasteiger partial charge in [0.25, 0.3) is 0 Å². The van der Waals surface area contributed by atoms with Gasteiger partial charge in [-0.05, 0) is 43.9 Å². The average molecular weight is 311 g/mol. The predicted octanol–water partition coefficient (Wildman–Crippen LogP) is 2.72. The second-order valence-corrected chi connectivity index (χ2v) is 5.53. The van der Waals surface area contributed by atoms with E-state index in [2.05, 4.69) is 20.3 Å². The highest BCUT2D eigenvalue weighted by atomic mass is 16.5. The van der Waals surface area contributed by atoms with Crippen LogP contribution in [0, 0.1) is 0 Å². The number of guanidine groups is 1. The van der Waals surface area contributed by atoms with E-state index in [1.165, 1.54) is 12.8 Å². The monoisotopic (exact) mass is 311 g/mol. The average Bonchev–Trinajstić information content (AvgIpc) is 3.08. The van der Waals surface area contributed by atoms with Crippen molar-refractivity contribution in [2.45, 2.75) is 38.3 Å². The largest absolute Gasteiger partial charge is 0.474 e. The summed E-state index contributed by atoms with van der Waals surface area (Å²) in [7, 11) is 0. The van der Waals surface area contributed by atoms with Gasteiger partial charge in [-0.15, -0.1) is 0 Å². The van der Waals surface area contributed by atoms with Crippen molar-refractivity contribution in [1.82, 2.24) is 9.97 Å². The van der Waals surface area contributed by atoms with Crippen LogP contribution in [0.25, 0.3) is 0 Å². The molecular formula is C17H21N5O. The summed E-state index contributed by atoms with van der Waals surface area (Å²) >= 11 is 0. The van der Waals surface area contributed by atoms with Gasteiger partial charge in [-0.1, -0.05) is 12.1 Å². The topological polar surface area (TPSA) is 85.4 Å². The maximum atomic E-state index is 6.00. The lowest BCUT2D eigenvalue weighted by Crippen LogP contribution is -2.23. The molecule has 2 heterocycles. The maximum absolute atomic E-state index is 6.00. The number of nitrogens with one attached hydrogen (secondary N) is 1. The minimum absolute atomic E-state index is 0.275. The molecule has 0 radical (unpaired) electrons. The number of nitrogens with zero attached hydrogens (tertiary/aromatic N) is 3. The predicted molar refractivity (Wildman–Crippen MR) is 90.3 cm³/mol. The van der Waals surface area contributed by atoms with Gasteiger partial charge in [0.2, 0.25) is 5.88 Å². The molecule has 0 spiro atoms. The van der Waals surface area contributed by atoms with Gasteiger partial charge in [-0.25, -0.2) is 15.0 Å². The van der Waals surface area contributed by atoms with E-state index in [1.54, 1.807) is 12.4 Å². The third-order valence-corrected chi connectivity index (χ3v) is 3.77. The molecule has 1 aliphatic carbocycles. The molecule has 0 bridgehead atoms. The summed E-state index contributed by atoms with van der Waals surface area (Å²) in [4.78, 5) is 12.8. The lowest BCUT2D eigenvalue weighted by atomic mass is 10.2. The molecule has 0 aliphatic heterocycles. The highest BCUT2D eigenvalue weighted by Crippen LogP contribution is 2.25. The number of aliphatic imine (C=N–C) groups is 1. The molecule has 1 saturated carbocycles. The van der Waals surface area contributed by atoms with Gasteiger partial charge in [0.05, 0.1) is 6.54 Å². The highest BCUT2D eigenvalue weighted by Gasteiger charge is 2.18. The molecule has 1 aliphatic rings. The molecule has 120 valence electrons. The quantitative estimate of drug-likeness (QED) is 0.655. The van der Waals surface area contributed by atoms with E-state index in [0.717, 1.165) is 18.4 Å². The molecule has 3 N–H and O–H groups in total. The fourth-order valence-corrected chi connectivity index (χ4v) is 2.59.